The summed E-state index contributed by atoms with van der Waals surface area (Å²) in [7, 11) is 0. The Balaban J connectivity index is 2.30. The Morgan fingerprint density at radius 3 is 3.00 bits per heavy atom. The van der Waals surface area contributed by atoms with Gasteiger partial charge in [0.2, 0.25) is 0 Å². The summed E-state index contributed by atoms with van der Waals surface area (Å²) in [4.78, 5) is 0. The van der Waals surface area contributed by atoms with E-state index < -0.39 is 5.60 Å². The fraction of sp³-hybridized carbons (Fsp3) is 0.600. The molecule has 1 saturated carbocycles. The number of hydrogen-bond acceptors (Lipinski definition) is 4. The lowest BCUT2D eigenvalue weighted by Gasteiger charge is -2.36. The van der Waals surface area contributed by atoms with E-state index in [2.05, 4.69) is 10.2 Å². The van der Waals surface area contributed by atoms with Gasteiger partial charge in [0.25, 0.3) is 0 Å². The van der Waals surface area contributed by atoms with Gasteiger partial charge in [-0.05, 0) is 25.0 Å². The lowest BCUT2D eigenvalue weighted by Crippen LogP contribution is -2.48. The standard InChI is InChI=1S/C10H15N3O/c11-8-4-1-2-6-10(8,14)9-5-3-7-12-13-9/h3,5,7-8,14H,1-2,4,6,11H2. The Hall–Kier alpha value is -1.00. The summed E-state index contributed by atoms with van der Waals surface area (Å²) >= 11 is 0. The van der Waals surface area contributed by atoms with Gasteiger partial charge in [-0.25, -0.2) is 0 Å². The molecule has 76 valence electrons. The topological polar surface area (TPSA) is 72.0 Å². The molecule has 2 unspecified atom stereocenters. The highest BCUT2D eigenvalue weighted by Crippen LogP contribution is 2.34. The van der Waals surface area contributed by atoms with Crippen molar-refractivity contribution < 1.29 is 5.11 Å². The highest BCUT2D eigenvalue weighted by molar-refractivity contribution is 5.14. The minimum atomic E-state index is -0.966. The molecule has 0 saturated heterocycles. The van der Waals surface area contributed by atoms with Crippen molar-refractivity contribution in [3.8, 4) is 0 Å². The van der Waals surface area contributed by atoms with Crippen molar-refractivity contribution in [2.24, 2.45) is 5.73 Å². The van der Waals surface area contributed by atoms with E-state index in [0.29, 0.717) is 12.1 Å². The first-order valence-electron chi connectivity index (χ1n) is 4.99. The van der Waals surface area contributed by atoms with Crippen LogP contribution in [0.1, 0.15) is 31.4 Å². The average Bonchev–Trinajstić information content (AvgIpc) is 2.24. The molecule has 0 amide bonds. The number of aliphatic hydroxyl groups is 1. The molecule has 1 aliphatic rings. The van der Waals surface area contributed by atoms with Gasteiger partial charge in [0.1, 0.15) is 5.60 Å². The summed E-state index contributed by atoms with van der Waals surface area (Å²) in [5, 5.41) is 18.1. The molecule has 4 nitrogen and oxygen atoms in total. The fourth-order valence-electron chi connectivity index (χ4n) is 2.03. The quantitative estimate of drug-likeness (QED) is 0.683. The van der Waals surface area contributed by atoms with Crippen LogP contribution < -0.4 is 5.73 Å². The summed E-state index contributed by atoms with van der Waals surface area (Å²) in [5.41, 5.74) is 5.57. The first-order valence-corrected chi connectivity index (χ1v) is 4.99. The zero-order valence-electron chi connectivity index (χ0n) is 8.06. The molecule has 1 aromatic rings. The van der Waals surface area contributed by atoms with Crippen LogP contribution in [-0.4, -0.2) is 21.3 Å². The Morgan fingerprint density at radius 2 is 2.36 bits per heavy atom. The molecule has 1 heterocycles. The number of rotatable bonds is 1. The number of nitrogens with zero attached hydrogens (tertiary/aromatic N) is 2. The van der Waals surface area contributed by atoms with Crippen molar-refractivity contribution in [2.45, 2.75) is 37.3 Å². The third kappa shape index (κ3) is 1.51. The third-order valence-corrected chi connectivity index (χ3v) is 2.95. The van der Waals surface area contributed by atoms with Crippen molar-refractivity contribution in [3.63, 3.8) is 0 Å². The molecule has 0 radical (unpaired) electrons. The summed E-state index contributed by atoms with van der Waals surface area (Å²) in [6.07, 6.45) is 5.23. The van der Waals surface area contributed by atoms with E-state index in [9.17, 15) is 5.11 Å². The smallest absolute Gasteiger partial charge is 0.123 e. The minimum Gasteiger partial charge on any atom is -0.382 e. The molecule has 2 atom stereocenters. The Bertz CT molecular complexity index is 303. The van der Waals surface area contributed by atoms with Crippen molar-refractivity contribution in [2.75, 3.05) is 0 Å². The number of hydrogen-bond donors (Lipinski definition) is 2. The maximum Gasteiger partial charge on any atom is 0.123 e. The molecule has 4 heteroatoms. The lowest BCUT2D eigenvalue weighted by atomic mass is 9.78. The Labute approximate surface area is 83.2 Å². The molecule has 14 heavy (non-hydrogen) atoms. The third-order valence-electron chi connectivity index (χ3n) is 2.95. The predicted molar refractivity (Wildman–Crippen MR) is 52.4 cm³/mol. The Morgan fingerprint density at radius 1 is 1.50 bits per heavy atom. The SMILES string of the molecule is NC1CCCCC1(O)c1cccnn1. The van der Waals surface area contributed by atoms with Gasteiger partial charge in [0.15, 0.2) is 0 Å². The van der Waals surface area contributed by atoms with Gasteiger partial charge < -0.3 is 10.8 Å². The highest BCUT2D eigenvalue weighted by Gasteiger charge is 2.39. The summed E-state index contributed by atoms with van der Waals surface area (Å²) < 4.78 is 0. The van der Waals surface area contributed by atoms with Crippen LogP contribution in [0, 0.1) is 0 Å². The summed E-state index contributed by atoms with van der Waals surface area (Å²) in [5.74, 6) is 0. The van der Waals surface area contributed by atoms with Crippen molar-refractivity contribution >= 4 is 0 Å². The summed E-state index contributed by atoms with van der Waals surface area (Å²) in [6, 6.07) is 3.35. The molecule has 1 aliphatic carbocycles. The molecule has 3 N–H and O–H groups in total. The van der Waals surface area contributed by atoms with Crippen molar-refractivity contribution in [3.05, 3.63) is 24.0 Å². The average molecular weight is 193 g/mol. The van der Waals surface area contributed by atoms with Crippen molar-refractivity contribution in [1.82, 2.24) is 10.2 Å². The molecular weight excluding hydrogens is 178 g/mol. The second-order valence-electron chi connectivity index (χ2n) is 3.89. The van der Waals surface area contributed by atoms with Gasteiger partial charge in [-0.1, -0.05) is 12.8 Å². The van der Waals surface area contributed by atoms with E-state index in [1.54, 1.807) is 18.3 Å². The second-order valence-corrected chi connectivity index (χ2v) is 3.89. The molecule has 0 bridgehead atoms. The van der Waals surface area contributed by atoms with E-state index in [4.69, 9.17) is 5.73 Å². The number of nitrogens with two attached hydrogens (primary N) is 1. The predicted octanol–water partition coefficient (Wildman–Crippen LogP) is 0.565. The van der Waals surface area contributed by atoms with E-state index >= 15 is 0 Å². The van der Waals surface area contributed by atoms with Crippen LogP contribution >= 0.6 is 0 Å². The molecule has 1 fully saturated rings. The van der Waals surface area contributed by atoms with Crippen LogP contribution in [0.2, 0.25) is 0 Å². The monoisotopic (exact) mass is 193 g/mol. The van der Waals surface area contributed by atoms with Crippen LogP contribution in [0.5, 0.6) is 0 Å². The minimum absolute atomic E-state index is 0.215. The van der Waals surface area contributed by atoms with E-state index in [-0.39, 0.29) is 6.04 Å². The zero-order valence-corrected chi connectivity index (χ0v) is 8.06. The van der Waals surface area contributed by atoms with Crippen LogP contribution in [0.4, 0.5) is 0 Å². The van der Waals surface area contributed by atoms with Crippen LogP contribution in [0.3, 0.4) is 0 Å². The normalized spacial score (nSPS) is 32.9. The first-order chi connectivity index (χ1) is 6.73. The fourth-order valence-corrected chi connectivity index (χ4v) is 2.03. The second kappa shape index (κ2) is 3.63. The van der Waals surface area contributed by atoms with Crippen LogP contribution in [0.15, 0.2) is 18.3 Å². The largest absolute Gasteiger partial charge is 0.382 e. The molecule has 2 rings (SSSR count). The lowest BCUT2D eigenvalue weighted by molar-refractivity contribution is -0.0238. The molecule has 0 aliphatic heterocycles. The van der Waals surface area contributed by atoms with Gasteiger partial charge in [-0.3, -0.25) is 0 Å². The Kier molecular flexibility index (Phi) is 2.48. The zero-order chi connectivity index (χ0) is 10.0. The molecular formula is C10H15N3O. The number of aromatic nitrogens is 2. The van der Waals surface area contributed by atoms with E-state index in [0.717, 1.165) is 19.3 Å². The molecule has 0 spiro atoms. The van der Waals surface area contributed by atoms with Gasteiger partial charge in [0.05, 0.1) is 5.69 Å². The first kappa shape index (κ1) is 9.55. The molecule has 0 aromatic carbocycles. The van der Waals surface area contributed by atoms with Gasteiger partial charge in [0, 0.05) is 12.2 Å². The van der Waals surface area contributed by atoms with Crippen LogP contribution in [-0.2, 0) is 5.60 Å². The van der Waals surface area contributed by atoms with Crippen molar-refractivity contribution in [1.29, 1.82) is 0 Å². The molecule has 1 aromatic heterocycles. The van der Waals surface area contributed by atoms with Gasteiger partial charge in [-0.15, -0.1) is 0 Å². The maximum absolute atomic E-state index is 10.4. The van der Waals surface area contributed by atoms with Crippen LogP contribution in [0.25, 0.3) is 0 Å². The maximum atomic E-state index is 10.4. The highest BCUT2D eigenvalue weighted by atomic mass is 16.3. The summed E-state index contributed by atoms with van der Waals surface area (Å²) in [6.45, 7) is 0. The van der Waals surface area contributed by atoms with Gasteiger partial charge in [-0.2, -0.15) is 10.2 Å². The van der Waals surface area contributed by atoms with Gasteiger partial charge >= 0.3 is 0 Å². The van der Waals surface area contributed by atoms with E-state index in [1.807, 2.05) is 0 Å². The van der Waals surface area contributed by atoms with E-state index in [1.165, 1.54) is 0 Å².